The minimum absolute atomic E-state index is 0.196. The fourth-order valence-corrected chi connectivity index (χ4v) is 3.89. The van der Waals surface area contributed by atoms with Gasteiger partial charge in [-0.25, -0.2) is 4.39 Å². The molecule has 1 aromatic rings. The van der Waals surface area contributed by atoms with Crippen LogP contribution in [0.1, 0.15) is 32.1 Å². The molecule has 2 amide bonds. The van der Waals surface area contributed by atoms with E-state index in [2.05, 4.69) is 10.6 Å². The second-order valence-corrected chi connectivity index (χ2v) is 6.78. The third-order valence-electron chi connectivity index (χ3n) is 5.31. The van der Waals surface area contributed by atoms with Gasteiger partial charge in [0, 0.05) is 5.69 Å². The molecule has 2 bridgehead atoms. The number of amides is 2. The highest BCUT2D eigenvalue weighted by Gasteiger charge is 2.61. The Balaban J connectivity index is 1.54. The summed E-state index contributed by atoms with van der Waals surface area (Å²) in [7, 11) is 0. The Hall–Kier alpha value is -2.44. The number of carbonyl (C=O) groups is 3. The first-order valence-electron chi connectivity index (χ1n) is 7.92. The molecule has 3 N–H and O–H groups in total. The van der Waals surface area contributed by atoms with Crippen molar-refractivity contribution in [2.45, 2.75) is 32.1 Å². The van der Waals surface area contributed by atoms with E-state index in [0.29, 0.717) is 37.8 Å². The molecule has 128 valence electrons. The Morgan fingerprint density at radius 1 is 1.04 bits per heavy atom. The number of anilines is 1. The van der Waals surface area contributed by atoms with Crippen LogP contribution in [0.5, 0.6) is 0 Å². The lowest BCUT2D eigenvalue weighted by atomic mass is 9.81. The average Bonchev–Trinajstić information content (AvgIpc) is 3.14. The maximum absolute atomic E-state index is 12.8. The van der Waals surface area contributed by atoms with Crippen LogP contribution in [0.25, 0.3) is 0 Å². The number of halogens is 1. The number of carbonyl (C=O) groups excluding carboxylic acids is 2. The maximum Gasteiger partial charge on any atom is 0.309 e. The summed E-state index contributed by atoms with van der Waals surface area (Å²) >= 11 is 0. The quantitative estimate of drug-likeness (QED) is 0.766. The van der Waals surface area contributed by atoms with Crippen molar-refractivity contribution in [1.82, 2.24) is 5.32 Å². The number of carboxylic acids is 1. The first-order valence-corrected chi connectivity index (χ1v) is 7.92. The summed E-state index contributed by atoms with van der Waals surface area (Å²) in [4.78, 5) is 35.8. The third kappa shape index (κ3) is 2.86. The number of rotatable bonds is 5. The molecule has 2 aliphatic rings. The van der Waals surface area contributed by atoms with E-state index in [4.69, 9.17) is 0 Å². The summed E-state index contributed by atoms with van der Waals surface area (Å²) in [6.45, 7) is -0.196. The molecule has 0 atom stereocenters. The van der Waals surface area contributed by atoms with Crippen LogP contribution >= 0.6 is 0 Å². The van der Waals surface area contributed by atoms with E-state index in [9.17, 15) is 23.9 Å². The van der Waals surface area contributed by atoms with Crippen molar-refractivity contribution in [3.05, 3.63) is 30.1 Å². The minimum Gasteiger partial charge on any atom is -0.481 e. The van der Waals surface area contributed by atoms with Crippen LogP contribution in [0.3, 0.4) is 0 Å². The van der Waals surface area contributed by atoms with E-state index in [0.717, 1.165) is 0 Å². The van der Waals surface area contributed by atoms with Gasteiger partial charge in [-0.1, -0.05) is 0 Å². The van der Waals surface area contributed by atoms with Gasteiger partial charge in [-0.15, -0.1) is 0 Å². The molecule has 0 spiro atoms. The Morgan fingerprint density at radius 2 is 1.62 bits per heavy atom. The molecule has 6 nitrogen and oxygen atoms in total. The molecule has 0 unspecified atom stereocenters. The molecule has 0 saturated heterocycles. The zero-order valence-corrected chi connectivity index (χ0v) is 13.1. The Labute approximate surface area is 138 Å². The average molecular weight is 334 g/mol. The summed E-state index contributed by atoms with van der Waals surface area (Å²) < 4.78 is 12.8. The lowest BCUT2D eigenvalue weighted by Crippen LogP contribution is -2.41. The van der Waals surface area contributed by atoms with Gasteiger partial charge < -0.3 is 15.7 Å². The fraction of sp³-hybridized carbons (Fsp3) is 0.471. The number of aliphatic carboxylic acids is 1. The summed E-state index contributed by atoms with van der Waals surface area (Å²) in [5, 5.41) is 14.5. The summed E-state index contributed by atoms with van der Waals surface area (Å²) in [6, 6.07) is 5.33. The zero-order chi connectivity index (χ0) is 17.4. The van der Waals surface area contributed by atoms with Crippen molar-refractivity contribution >= 4 is 23.5 Å². The molecule has 0 aliphatic heterocycles. The first-order chi connectivity index (χ1) is 11.4. The van der Waals surface area contributed by atoms with Crippen molar-refractivity contribution in [1.29, 1.82) is 0 Å². The SMILES string of the molecule is O=C(CNC(=O)C12CCC(C(=O)O)(CC1)C2)Nc1ccc(F)cc1. The molecule has 2 aliphatic carbocycles. The predicted molar refractivity (Wildman–Crippen MR) is 83.6 cm³/mol. The smallest absolute Gasteiger partial charge is 0.309 e. The zero-order valence-electron chi connectivity index (χ0n) is 13.1. The predicted octanol–water partition coefficient (Wildman–Crippen LogP) is 1.92. The largest absolute Gasteiger partial charge is 0.481 e. The van der Waals surface area contributed by atoms with Crippen LogP contribution in [0, 0.1) is 16.6 Å². The molecule has 0 heterocycles. The summed E-state index contributed by atoms with van der Waals surface area (Å²) in [5.41, 5.74) is -0.983. The normalized spacial score (nSPS) is 27.7. The van der Waals surface area contributed by atoms with E-state index in [1.54, 1.807) is 0 Å². The second-order valence-electron chi connectivity index (χ2n) is 6.78. The molecular weight excluding hydrogens is 315 g/mol. The van der Waals surface area contributed by atoms with Crippen LogP contribution in [0.4, 0.5) is 10.1 Å². The van der Waals surface area contributed by atoms with E-state index < -0.39 is 28.5 Å². The van der Waals surface area contributed by atoms with Crippen molar-refractivity contribution < 1.29 is 23.9 Å². The molecule has 7 heteroatoms. The second kappa shape index (κ2) is 5.89. The number of hydrogen-bond donors (Lipinski definition) is 3. The van der Waals surface area contributed by atoms with Gasteiger partial charge in [-0.2, -0.15) is 0 Å². The lowest BCUT2D eigenvalue weighted by Gasteiger charge is -2.25. The Kier molecular flexibility index (Phi) is 4.03. The standard InChI is InChI=1S/C17H19FN2O4/c18-11-1-3-12(4-2-11)20-13(21)9-19-14(22)16-5-7-17(10-16,8-6-16)15(23)24/h1-4H,5-10H2,(H,19,22)(H,20,21)(H,23,24). The molecule has 0 aromatic heterocycles. The maximum atomic E-state index is 12.8. The van der Waals surface area contributed by atoms with Gasteiger partial charge in [0.15, 0.2) is 0 Å². The summed E-state index contributed by atoms with van der Waals surface area (Å²) in [6.07, 6.45) is 2.46. The number of nitrogens with one attached hydrogen (secondary N) is 2. The van der Waals surface area contributed by atoms with Crippen LogP contribution < -0.4 is 10.6 Å². The highest BCUT2D eigenvalue weighted by molar-refractivity contribution is 5.96. The van der Waals surface area contributed by atoms with Gasteiger partial charge in [0.1, 0.15) is 5.82 Å². The molecule has 2 fully saturated rings. The number of carboxylic acid groups (broad SMARTS) is 1. The number of benzene rings is 1. The van der Waals surface area contributed by atoms with Crippen LogP contribution in [0.15, 0.2) is 24.3 Å². The highest BCUT2D eigenvalue weighted by atomic mass is 19.1. The van der Waals surface area contributed by atoms with E-state index >= 15 is 0 Å². The molecule has 1 aromatic carbocycles. The first kappa shape index (κ1) is 16.4. The van der Waals surface area contributed by atoms with Crippen LogP contribution in [0.2, 0.25) is 0 Å². The van der Waals surface area contributed by atoms with Crippen LogP contribution in [-0.2, 0) is 14.4 Å². The molecular formula is C17H19FN2O4. The van der Waals surface area contributed by atoms with Crippen molar-refractivity contribution in [3.63, 3.8) is 0 Å². The molecule has 0 radical (unpaired) electrons. The van der Waals surface area contributed by atoms with Crippen molar-refractivity contribution in [2.75, 3.05) is 11.9 Å². The van der Waals surface area contributed by atoms with Crippen molar-refractivity contribution in [3.8, 4) is 0 Å². The van der Waals surface area contributed by atoms with Crippen LogP contribution in [-0.4, -0.2) is 29.4 Å². The van der Waals surface area contributed by atoms with Crippen molar-refractivity contribution in [2.24, 2.45) is 10.8 Å². The number of hydrogen-bond acceptors (Lipinski definition) is 3. The minimum atomic E-state index is -0.830. The fourth-order valence-electron chi connectivity index (χ4n) is 3.89. The van der Waals surface area contributed by atoms with Gasteiger partial charge in [0.2, 0.25) is 11.8 Å². The van der Waals surface area contributed by atoms with Gasteiger partial charge in [-0.05, 0) is 56.4 Å². The topological polar surface area (TPSA) is 95.5 Å². The Morgan fingerprint density at radius 3 is 2.17 bits per heavy atom. The third-order valence-corrected chi connectivity index (χ3v) is 5.31. The summed E-state index contributed by atoms with van der Waals surface area (Å²) in [5.74, 6) is -1.89. The lowest BCUT2D eigenvalue weighted by molar-refractivity contribution is -0.148. The van der Waals surface area contributed by atoms with E-state index in [1.165, 1.54) is 24.3 Å². The Bertz CT molecular complexity index is 678. The van der Waals surface area contributed by atoms with E-state index in [-0.39, 0.29) is 12.5 Å². The monoisotopic (exact) mass is 334 g/mol. The molecule has 2 saturated carbocycles. The highest BCUT2D eigenvalue weighted by Crippen LogP contribution is 2.61. The number of fused-ring (bicyclic) bond motifs is 2. The van der Waals surface area contributed by atoms with E-state index in [1.807, 2.05) is 0 Å². The molecule has 24 heavy (non-hydrogen) atoms. The van der Waals surface area contributed by atoms with Gasteiger partial charge in [-0.3, -0.25) is 14.4 Å². The van der Waals surface area contributed by atoms with Gasteiger partial charge in [0.25, 0.3) is 0 Å². The molecule has 3 rings (SSSR count). The van der Waals surface area contributed by atoms with Gasteiger partial charge >= 0.3 is 5.97 Å². The van der Waals surface area contributed by atoms with Gasteiger partial charge in [0.05, 0.1) is 17.4 Å².